The summed E-state index contributed by atoms with van der Waals surface area (Å²) in [5.74, 6) is 0.398. The largest absolute Gasteiger partial charge is 0.481 e. The average molecular weight is 332 g/mol. The highest BCUT2D eigenvalue weighted by Crippen LogP contribution is 2.13. The van der Waals surface area contributed by atoms with Crippen LogP contribution in [0.2, 0.25) is 0 Å². The third-order valence-electron chi connectivity index (χ3n) is 3.76. The first-order valence-corrected chi connectivity index (χ1v) is 8.33. The van der Waals surface area contributed by atoms with Crippen molar-refractivity contribution in [2.24, 2.45) is 0 Å². The lowest BCUT2D eigenvalue weighted by Crippen LogP contribution is -2.37. The summed E-state index contributed by atoms with van der Waals surface area (Å²) in [6, 6.07) is 8.72. The Kier molecular flexibility index (Phi) is 7.53. The molecule has 1 heterocycles. The fourth-order valence-electron chi connectivity index (χ4n) is 2.39. The third-order valence-corrected chi connectivity index (χ3v) is 3.76. The minimum absolute atomic E-state index is 0.168. The van der Waals surface area contributed by atoms with Crippen molar-refractivity contribution in [3.63, 3.8) is 0 Å². The molecule has 0 radical (unpaired) electrons. The summed E-state index contributed by atoms with van der Waals surface area (Å²) >= 11 is 0. The molecule has 1 aliphatic rings. The number of nitrogens with zero attached hydrogens (tertiary/aromatic N) is 1. The van der Waals surface area contributed by atoms with Crippen LogP contribution in [-0.4, -0.2) is 44.5 Å². The number of hydrogen-bond donors (Lipinski definition) is 1. The fourth-order valence-corrected chi connectivity index (χ4v) is 2.39. The second-order valence-electron chi connectivity index (χ2n) is 5.75. The first kappa shape index (κ1) is 18.2. The van der Waals surface area contributed by atoms with E-state index in [2.05, 4.69) is 5.32 Å². The molecule has 6 nitrogen and oxygen atoms in total. The number of hydrogen-bond acceptors (Lipinski definition) is 5. The zero-order chi connectivity index (χ0) is 17.2. The van der Waals surface area contributed by atoms with Gasteiger partial charge in [-0.25, -0.2) is 0 Å². The van der Waals surface area contributed by atoms with Gasteiger partial charge in [0.1, 0.15) is 5.75 Å². The van der Waals surface area contributed by atoms with E-state index in [9.17, 15) is 4.79 Å². The number of rotatable bonds is 9. The van der Waals surface area contributed by atoms with Gasteiger partial charge in [-0.05, 0) is 50.5 Å². The first-order valence-electron chi connectivity index (χ1n) is 8.33. The van der Waals surface area contributed by atoms with Gasteiger partial charge in [0.2, 0.25) is 0 Å². The van der Waals surface area contributed by atoms with Crippen LogP contribution in [0.3, 0.4) is 0 Å². The SMILES string of the molecule is CC(Oc1ccc(C#N)cc1)C(=O)NCCCOCC1CCCO1. The molecule has 24 heavy (non-hydrogen) atoms. The van der Waals surface area contributed by atoms with Gasteiger partial charge in [0.25, 0.3) is 5.91 Å². The molecular weight excluding hydrogens is 308 g/mol. The summed E-state index contributed by atoms with van der Waals surface area (Å²) in [7, 11) is 0. The van der Waals surface area contributed by atoms with Crippen molar-refractivity contribution in [3.05, 3.63) is 29.8 Å². The van der Waals surface area contributed by atoms with E-state index in [1.807, 2.05) is 6.07 Å². The third kappa shape index (κ3) is 6.19. The van der Waals surface area contributed by atoms with Crippen molar-refractivity contribution in [1.29, 1.82) is 5.26 Å². The number of ether oxygens (including phenoxy) is 3. The van der Waals surface area contributed by atoms with E-state index in [0.717, 1.165) is 25.9 Å². The van der Waals surface area contributed by atoms with Crippen LogP contribution in [0.4, 0.5) is 0 Å². The minimum Gasteiger partial charge on any atom is -0.481 e. The highest BCUT2D eigenvalue weighted by molar-refractivity contribution is 5.80. The van der Waals surface area contributed by atoms with Crippen LogP contribution < -0.4 is 10.1 Å². The van der Waals surface area contributed by atoms with E-state index in [0.29, 0.717) is 31.1 Å². The second-order valence-corrected chi connectivity index (χ2v) is 5.75. The molecular formula is C18H24N2O4. The summed E-state index contributed by atoms with van der Waals surface area (Å²) in [4.78, 5) is 12.0. The first-order chi connectivity index (χ1) is 11.7. The Morgan fingerprint density at radius 2 is 2.25 bits per heavy atom. The van der Waals surface area contributed by atoms with Gasteiger partial charge in [-0.2, -0.15) is 5.26 Å². The predicted molar refractivity (Wildman–Crippen MR) is 88.7 cm³/mol. The molecule has 6 heteroatoms. The molecule has 1 aromatic rings. The van der Waals surface area contributed by atoms with E-state index in [1.54, 1.807) is 31.2 Å². The van der Waals surface area contributed by atoms with Gasteiger partial charge in [-0.1, -0.05) is 0 Å². The van der Waals surface area contributed by atoms with Crippen LogP contribution in [0.5, 0.6) is 5.75 Å². The highest BCUT2D eigenvalue weighted by Gasteiger charge is 2.16. The number of carbonyl (C=O) groups excluding carboxylic acids is 1. The number of benzene rings is 1. The molecule has 0 spiro atoms. The lowest BCUT2D eigenvalue weighted by Gasteiger charge is -2.15. The molecule has 0 saturated carbocycles. The van der Waals surface area contributed by atoms with Crippen molar-refractivity contribution in [2.75, 3.05) is 26.4 Å². The lowest BCUT2D eigenvalue weighted by atomic mass is 10.2. The van der Waals surface area contributed by atoms with Crippen molar-refractivity contribution in [2.45, 2.75) is 38.4 Å². The van der Waals surface area contributed by atoms with Crippen LogP contribution in [0.15, 0.2) is 24.3 Å². The molecule has 1 saturated heterocycles. The van der Waals surface area contributed by atoms with Gasteiger partial charge in [0.15, 0.2) is 6.10 Å². The van der Waals surface area contributed by atoms with Crippen LogP contribution in [-0.2, 0) is 14.3 Å². The van der Waals surface area contributed by atoms with Crippen LogP contribution in [0, 0.1) is 11.3 Å². The monoisotopic (exact) mass is 332 g/mol. The van der Waals surface area contributed by atoms with Gasteiger partial charge in [-0.3, -0.25) is 4.79 Å². The van der Waals surface area contributed by atoms with Crippen molar-refractivity contribution < 1.29 is 19.0 Å². The quantitative estimate of drug-likeness (QED) is 0.700. The Morgan fingerprint density at radius 1 is 1.46 bits per heavy atom. The van der Waals surface area contributed by atoms with E-state index >= 15 is 0 Å². The second kappa shape index (κ2) is 9.91. The number of nitrogens with one attached hydrogen (secondary N) is 1. The maximum atomic E-state index is 12.0. The maximum Gasteiger partial charge on any atom is 0.260 e. The smallest absolute Gasteiger partial charge is 0.260 e. The number of carbonyl (C=O) groups is 1. The molecule has 0 aromatic heterocycles. The van der Waals surface area contributed by atoms with Crippen molar-refractivity contribution in [3.8, 4) is 11.8 Å². The van der Waals surface area contributed by atoms with Crippen molar-refractivity contribution >= 4 is 5.91 Å². The Hall–Kier alpha value is -2.10. The molecule has 2 unspecified atom stereocenters. The van der Waals surface area contributed by atoms with E-state index < -0.39 is 6.10 Å². The normalized spacial score (nSPS) is 17.9. The van der Waals surface area contributed by atoms with Crippen molar-refractivity contribution in [1.82, 2.24) is 5.32 Å². The van der Waals surface area contributed by atoms with E-state index in [4.69, 9.17) is 19.5 Å². The maximum absolute atomic E-state index is 12.0. The van der Waals surface area contributed by atoms with Gasteiger partial charge < -0.3 is 19.5 Å². The zero-order valence-corrected chi connectivity index (χ0v) is 14.0. The standard InChI is InChI=1S/C18H24N2O4/c1-14(24-16-7-5-15(12-19)6-8-16)18(21)20-9-3-10-22-13-17-4-2-11-23-17/h5-8,14,17H,2-4,9-11,13H2,1H3,(H,20,21). The zero-order valence-electron chi connectivity index (χ0n) is 14.0. The Bertz CT molecular complexity index is 547. The summed E-state index contributed by atoms with van der Waals surface area (Å²) in [5.41, 5.74) is 0.558. The van der Waals surface area contributed by atoms with Gasteiger partial charge >= 0.3 is 0 Å². The van der Waals surface area contributed by atoms with Crippen LogP contribution in [0.1, 0.15) is 31.7 Å². The molecule has 2 atom stereocenters. The highest BCUT2D eigenvalue weighted by atomic mass is 16.5. The molecule has 1 aliphatic heterocycles. The van der Waals surface area contributed by atoms with Crippen LogP contribution >= 0.6 is 0 Å². The average Bonchev–Trinajstić information content (AvgIpc) is 3.11. The topological polar surface area (TPSA) is 80.6 Å². The van der Waals surface area contributed by atoms with Gasteiger partial charge in [-0.15, -0.1) is 0 Å². The summed E-state index contributed by atoms with van der Waals surface area (Å²) in [6.45, 7) is 4.31. The Morgan fingerprint density at radius 3 is 2.92 bits per heavy atom. The molecule has 0 bridgehead atoms. The van der Waals surface area contributed by atoms with E-state index in [-0.39, 0.29) is 12.0 Å². The molecule has 1 fully saturated rings. The number of amides is 1. The molecule has 1 aromatic carbocycles. The minimum atomic E-state index is -0.592. The molecule has 1 N–H and O–H groups in total. The van der Waals surface area contributed by atoms with E-state index in [1.165, 1.54) is 0 Å². The molecule has 2 rings (SSSR count). The van der Waals surface area contributed by atoms with Crippen LogP contribution in [0.25, 0.3) is 0 Å². The molecule has 1 amide bonds. The summed E-state index contributed by atoms with van der Waals surface area (Å²) in [5, 5.41) is 11.6. The molecule has 130 valence electrons. The fraction of sp³-hybridized carbons (Fsp3) is 0.556. The lowest BCUT2D eigenvalue weighted by molar-refractivity contribution is -0.127. The summed E-state index contributed by atoms with van der Waals surface area (Å²) < 4.78 is 16.6. The Labute approximate surface area is 142 Å². The predicted octanol–water partition coefficient (Wildman–Crippen LogP) is 2.03. The summed E-state index contributed by atoms with van der Waals surface area (Å²) in [6.07, 6.45) is 2.58. The van der Waals surface area contributed by atoms with Gasteiger partial charge in [0, 0.05) is 19.8 Å². The molecule has 0 aliphatic carbocycles. The van der Waals surface area contributed by atoms with Gasteiger partial charge in [0.05, 0.1) is 24.3 Å². The number of nitriles is 1. The Balaban J connectivity index is 1.56.